The van der Waals surface area contributed by atoms with Gasteiger partial charge in [0.2, 0.25) is 0 Å². The number of hydrogen-bond donors (Lipinski definition) is 2. The maximum Gasteiger partial charge on any atom is 0.315 e. The maximum absolute atomic E-state index is 11.5. The average molecular weight is 429 g/mol. The number of thiol groups is 2. The van der Waals surface area contributed by atoms with Crippen LogP contribution in [0, 0.1) is 5.41 Å². The van der Waals surface area contributed by atoms with Crippen molar-refractivity contribution in [3.8, 4) is 0 Å². The van der Waals surface area contributed by atoms with Crippen molar-refractivity contribution in [3.63, 3.8) is 0 Å². The van der Waals surface area contributed by atoms with Gasteiger partial charge in [0, 0.05) is 12.8 Å². The zero-order chi connectivity index (χ0) is 19.3. The van der Waals surface area contributed by atoms with Gasteiger partial charge in [-0.3, -0.25) is 19.2 Å². The lowest BCUT2D eigenvalue weighted by molar-refractivity contribution is -0.168. The molecule has 0 aromatic heterocycles. The zero-order valence-electron chi connectivity index (χ0n) is 14.3. The molecule has 8 nitrogen and oxygen atoms in total. The van der Waals surface area contributed by atoms with Crippen LogP contribution in [0.15, 0.2) is 0 Å². The summed E-state index contributed by atoms with van der Waals surface area (Å²) >= 11 is 7.61. The van der Waals surface area contributed by atoms with E-state index in [0.717, 1.165) is 0 Å². The van der Waals surface area contributed by atoms with Crippen molar-refractivity contribution in [2.24, 2.45) is 5.41 Å². The second-order valence-corrected chi connectivity index (χ2v) is 5.80. The molecule has 0 radical (unpaired) electrons. The number of hydrogen-bond acceptors (Lipinski definition) is 10. The third kappa shape index (κ3) is 13.4. The van der Waals surface area contributed by atoms with Crippen LogP contribution in [0.5, 0.6) is 0 Å². The third-order valence-electron chi connectivity index (χ3n) is 2.99. The van der Waals surface area contributed by atoms with E-state index in [2.05, 4.69) is 25.3 Å². The smallest absolute Gasteiger partial charge is 0.315 e. The van der Waals surface area contributed by atoms with Gasteiger partial charge in [0.1, 0.15) is 31.8 Å². The van der Waals surface area contributed by atoms with Crippen molar-refractivity contribution < 1.29 is 38.1 Å². The molecule has 0 saturated heterocycles. The molecule has 0 fully saturated rings. The van der Waals surface area contributed by atoms with E-state index in [1.807, 2.05) is 0 Å². The normalized spacial score (nSPS) is 9.93. The Bertz CT molecular complexity index is 382. The summed E-state index contributed by atoms with van der Waals surface area (Å²) in [5.74, 6) is -2.53. The van der Waals surface area contributed by atoms with Gasteiger partial charge in [-0.15, -0.1) is 0 Å². The number of esters is 4. The molecule has 0 aliphatic heterocycles. The van der Waals surface area contributed by atoms with E-state index >= 15 is 0 Å². The van der Waals surface area contributed by atoms with Crippen LogP contribution in [0.2, 0.25) is 0 Å². The summed E-state index contributed by atoms with van der Waals surface area (Å²) in [5.41, 5.74) is -1.22. The standard InChI is InChI=1S/C15H24O8S2.2CH4/c1-3-11(16)20-7-15(8-21-12(17)4-2,9-22-13(18)5-24)10-23-14(19)6-25;;/h24-25H,3-10H2,1-2H3;2*1H4. The number of ether oxygens (including phenoxy) is 4. The molecule has 0 saturated carbocycles. The van der Waals surface area contributed by atoms with Gasteiger partial charge in [-0.05, 0) is 0 Å². The quantitative estimate of drug-likeness (QED) is 0.277. The molecule has 0 aliphatic rings. The summed E-state index contributed by atoms with van der Waals surface area (Å²) in [7, 11) is 0. The molecular formula is C17H32O8S2. The van der Waals surface area contributed by atoms with E-state index in [-0.39, 0.29) is 65.6 Å². The molecular weight excluding hydrogens is 396 g/mol. The van der Waals surface area contributed by atoms with E-state index in [4.69, 9.17) is 18.9 Å². The molecule has 0 rings (SSSR count). The molecule has 27 heavy (non-hydrogen) atoms. The Balaban J connectivity index is -0.00000288. The molecule has 0 N–H and O–H groups in total. The van der Waals surface area contributed by atoms with Gasteiger partial charge in [0.15, 0.2) is 0 Å². The van der Waals surface area contributed by atoms with Crippen LogP contribution >= 0.6 is 25.3 Å². The van der Waals surface area contributed by atoms with Gasteiger partial charge in [-0.2, -0.15) is 25.3 Å². The first-order valence-corrected chi connectivity index (χ1v) is 8.93. The van der Waals surface area contributed by atoms with Crippen LogP contribution in [0.3, 0.4) is 0 Å². The number of carbonyl (C=O) groups excluding carboxylic acids is 4. The fourth-order valence-corrected chi connectivity index (χ4v) is 1.66. The molecule has 0 aromatic carbocycles. The Morgan fingerprint density at radius 3 is 1.11 bits per heavy atom. The highest BCUT2D eigenvalue weighted by atomic mass is 32.1. The minimum Gasteiger partial charge on any atom is -0.465 e. The predicted octanol–water partition coefficient (Wildman–Crippen LogP) is 2.10. The molecule has 0 aliphatic carbocycles. The largest absolute Gasteiger partial charge is 0.465 e. The lowest BCUT2D eigenvalue weighted by Gasteiger charge is -2.31. The van der Waals surface area contributed by atoms with Crippen molar-refractivity contribution in [2.75, 3.05) is 37.9 Å². The van der Waals surface area contributed by atoms with Crippen LogP contribution in [0.1, 0.15) is 41.5 Å². The Morgan fingerprint density at radius 2 is 0.889 bits per heavy atom. The first-order valence-electron chi connectivity index (χ1n) is 7.66. The van der Waals surface area contributed by atoms with Gasteiger partial charge in [0.25, 0.3) is 0 Å². The van der Waals surface area contributed by atoms with Crippen molar-refractivity contribution >= 4 is 49.1 Å². The Morgan fingerprint density at radius 1 is 0.630 bits per heavy atom. The van der Waals surface area contributed by atoms with Crippen LogP contribution in [-0.2, 0) is 38.1 Å². The average Bonchev–Trinajstić information content (AvgIpc) is 2.65. The first kappa shape index (κ1) is 30.3. The van der Waals surface area contributed by atoms with Crippen LogP contribution in [0.4, 0.5) is 0 Å². The molecule has 0 unspecified atom stereocenters. The number of carbonyl (C=O) groups is 4. The topological polar surface area (TPSA) is 105 Å². The second-order valence-electron chi connectivity index (χ2n) is 5.17. The molecule has 10 heteroatoms. The summed E-state index contributed by atoms with van der Waals surface area (Å²) < 4.78 is 20.3. The molecule has 0 atom stereocenters. The Labute approximate surface area is 172 Å². The highest BCUT2D eigenvalue weighted by molar-refractivity contribution is 7.81. The summed E-state index contributed by atoms with van der Waals surface area (Å²) in [6.45, 7) is 2.17. The SMILES string of the molecule is C.C.CCC(=O)OCC(COC(=O)CC)(COC(=O)CS)COC(=O)CS. The molecule has 0 amide bonds. The van der Waals surface area contributed by atoms with Gasteiger partial charge in [-0.25, -0.2) is 0 Å². The van der Waals surface area contributed by atoms with E-state index in [9.17, 15) is 19.2 Å². The molecule has 0 aromatic rings. The Hall–Kier alpha value is -1.42. The fraction of sp³-hybridized carbons (Fsp3) is 0.765. The minimum absolute atomic E-state index is 0. The van der Waals surface area contributed by atoms with E-state index < -0.39 is 29.3 Å². The van der Waals surface area contributed by atoms with Gasteiger partial charge < -0.3 is 18.9 Å². The number of rotatable bonds is 12. The van der Waals surface area contributed by atoms with E-state index in [1.165, 1.54) is 0 Å². The van der Waals surface area contributed by atoms with Gasteiger partial charge in [0.05, 0.1) is 11.5 Å². The second kappa shape index (κ2) is 16.7. The summed E-state index contributed by atoms with van der Waals surface area (Å²) in [5, 5.41) is 0. The zero-order valence-corrected chi connectivity index (χ0v) is 16.1. The maximum atomic E-state index is 11.5. The highest BCUT2D eigenvalue weighted by Crippen LogP contribution is 2.22. The third-order valence-corrected chi connectivity index (χ3v) is 3.51. The lowest BCUT2D eigenvalue weighted by atomic mass is 9.92. The van der Waals surface area contributed by atoms with Gasteiger partial charge in [-0.1, -0.05) is 28.7 Å². The summed E-state index contributed by atoms with van der Waals surface area (Å²) in [6, 6.07) is 0. The molecule has 0 heterocycles. The van der Waals surface area contributed by atoms with Crippen molar-refractivity contribution in [1.82, 2.24) is 0 Å². The predicted molar refractivity (Wildman–Crippen MR) is 108 cm³/mol. The van der Waals surface area contributed by atoms with Crippen LogP contribution in [-0.4, -0.2) is 61.8 Å². The van der Waals surface area contributed by atoms with Crippen LogP contribution in [0.25, 0.3) is 0 Å². The first-order chi connectivity index (χ1) is 11.8. The fourth-order valence-electron chi connectivity index (χ4n) is 1.48. The minimum atomic E-state index is -1.22. The monoisotopic (exact) mass is 428 g/mol. The summed E-state index contributed by atoms with van der Waals surface area (Å²) in [4.78, 5) is 45.8. The lowest BCUT2D eigenvalue weighted by Crippen LogP contribution is -2.44. The molecule has 160 valence electrons. The van der Waals surface area contributed by atoms with E-state index in [1.54, 1.807) is 13.8 Å². The highest BCUT2D eigenvalue weighted by Gasteiger charge is 2.37. The van der Waals surface area contributed by atoms with Crippen molar-refractivity contribution in [2.45, 2.75) is 41.5 Å². The summed E-state index contributed by atoms with van der Waals surface area (Å²) in [6.07, 6.45) is 0.273. The van der Waals surface area contributed by atoms with Crippen molar-refractivity contribution in [1.29, 1.82) is 0 Å². The molecule has 0 spiro atoms. The van der Waals surface area contributed by atoms with Crippen molar-refractivity contribution in [3.05, 3.63) is 0 Å². The van der Waals surface area contributed by atoms with Gasteiger partial charge >= 0.3 is 23.9 Å². The van der Waals surface area contributed by atoms with E-state index in [0.29, 0.717) is 0 Å². The van der Waals surface area contributed by atoms with Crippen LogP contribution < -0.4 is 0 Å². The Kier molecular flexibility index (Phi) is 18.8. The molecule has 0 bridgehead atoms.